The molecule has 1 aliphatic heterocycles. The maximum absolute atomic E-state index is 12.2. The van der Waals surface area contributed by atoms with Gasteiger partial charge in [-0.1, -0.05) is 54.1 Å². The van der Waals surface area contributed by atoms with Crippen LogP contribution in [0.25, 0.3) is 0 Å². The van der Waals surface area contributed by atoms with E-state index < -0.39 is 0 Å². The van der Waals surface area contributed by atoms with Gasteiger partial charge in [0.25, 0.3) is 0 Å². The van der Waals surface area contributed by atoms with E-state index >= 15 is 0 Å². The molecule has 138 valence electrons. The van der Waals surface area contributed by atoms with Crippen molar-refractivity contribution in [1.29, 1.82) is 0 Å². The zero-order chi connectivity index (χ0) is 18.2. The summed E-state index contributed by atoms with van der Waals surface area (Å²) in [4.78, 5) is 14.7. The molecule has 0 spiro atoms. The Labute approximate surface area is 161 Å². The van der Waals surface area contributed by atoms with Gasteiger partial charge in [0.05, 0.1) is 0 Å². The molecule has 1 N–H and O–H groups in total. The van der Waals surface area contributed by atoms with E-state index in [9.17, 15) is 4.79 Å². The topological polar surface area (TPSA) is 32.3 Å². The molecule has 4 heteroatoms. The molecular formula is C22H27ClN2O. The van der Waals surface area contributed by atoms with Crippen molar-refractivity contribution in [2.75, 3.05) is 13.1 Å². The molecule has 2 aromatic rings. The second kappa shape index (κ2) is 9.75. The number of likely N-dealkylation sites (tertiary alicyclic amines) is 1. The van der Waals surface area contributed by atoms with Gasteiger partial charge in [-0.15, -0.1) is 0 Å². The lowest BCUT2D eigenvalue weighted by Crippen LogP contribution is -2.44. The molecule has 1 amide bonds. The van der Waals surface area contributed by atoms with Crippen LogP contribution in [0.2, 0.25) is 5.02 Å². The van der Waals surface area contributed by atoms with Crippen molar-refractivity contribution in [2.24, 2.45) is 0 Å². The molecule has 1 fully saturated rings. The summed E-state index contributed by atoms with van der Waals surface area (Å²) in [6.07, 6.45) is 4.46. The SMILES string of the molecule is O=C(CCCc1ccc(Cl)cc1)NC1CCN(Cc2ccccc2)CC1. The second-order valence-electron chi connectivity index (χ2n) is 7.08. The Morgan fingerprint density at radius 1 is 1.00 bits per heavy atom. The van der Waals surface area contributed by atoms with Crippen molar-refractivity contribution >= 4 is 17.5 Å². The molecule has 3 rings (SSSR count). The highest BCUT2D eigenvalue weighted by Crippen LogP contribution is 2.15. The molecule has 3 nitrogen and oxygen atoms in total. The van der Waals surface area contributed by atoms with E-state index in [4.69, 9.17) is 11.6 Å². The number of nitrogens with zero attached hydrogens (tertiary/aromatic N) is 1. The number of carbonyl (C=O) groups is 1. The first-order valence-corrected chi connectivity index (χ1v) is 9.87. The van der Waals surface area contributed by atoms with Crippen LogP contribution in [0.5, 0.6) is 0 Å². The number of aryl methyl sites for hydroxylation is 1. The first-order valence-electron chi connectivity index (χ1n) is 9.49. The van der Waals surface area contributed by atoms with Crippen LogP contribution < -0.4 is 5.32 Å². The van der Waals surface area contributed by atoms with Crippen LogP contribution in [0.4, 0.5) is 0 Å². The minimum Gasteiger partial charge on any atom is -0.353 e. The van der Waals surface area contributed by atoms with Gasteiger partial charge in [-0.3, -0.25) is 9.69 Å². The Morgan fingerprint density at radius 2 is 1.69 bits per heavy atom. The van der Waals surface area contributed by atoms with E-state index in [0.717, 1.165) is 50.3 Å². The normalized spacial score (nSPS) is 15.7. The van der Waals surface area contributed by atoms with E-state index in [1.807, 2.05) is 24.3 Å². The standard InChI is InChI=1S/C22H27ClN2O/c23-20-11-9-18(10-12-20)7-4-8-22(26)24-21-13-15-25(16-14-21)17-19-5-2-1-3-6-19/h1-3,5-6,9-12,21H,4,7-8,13-17H2,(H,24,26). The van der Waals surface area contributed by atoms with Gasteiger partial charge in [0.15, 0.2) is 0 Å². The number of hydrogen-bond donors (Lipinski definition) is 1. The Bertz CT molecular complexity index is 679. The van der Waals surface area contributed by atoms with Crippen molar-refractivity contribution < 1.29 is 4.79 Å². The van der Waals surface area contributed by atoms with Gasteiger partial charge in [-0.2, -0.15) is 0 Å². The first kappa shape index (κ1) is 18.9. The van der Waals surface area contributed by atoms with E-state index in [1.165, 1.54) is 11.1 Å². The third-order valence-electron chi connectivity index (χ3n) is 4.98. The van der Waals surface area contributed by atoms with Crippen molar-refractivity contribution in [3.63, 3.8) is 0 Å². The van der Waals surface area contributed by atoms with Gasteiger partial charge in [-0.25, -0.2) is 0 Å². The number of piperidine rings is 1. The smallest absolute Gasteiger partial charge is 0.220 e. The Hall–Kier alpha value is -1.84. The number of benzene rings is 2. The Morgan fingerprint density at radius 3 is 2.38 bits per heavy atom. The summed E-state index contributed by atoms with van der Waals surface area (Å²) >= 11 is 5.89. The molecule has 2 aromatic carbocycles. The zero-order valence-electron chi connectivity index (χ0n) is 15.2. The highest BCUT2D eigenvalue weighted by Gasteiger charge is 2.20. The predicted octanol–water partition coefficient (Wildman–Crippen LogP) is 4.44. The molecule has 0 unspecified atom stereocenters. The third kappa shape index (κ3) is 6.15. The van der Waals surface area contributed by atoms with E-state index in [0.29, 0.717) is 12.5 Å². The number of rotatable bonds is 7. The molecule has 1 heterocycles. The largest absolute Gasteiger partial charge is 0.353 e. The van der Waals surface area contributed by atoms with Gasteiger partial charge < -0.3 is 5.32 Å². The number of halogens is 1. The van der Waals surface area contributed by atoms with Gasteiger partial charge in [0.1, 0.15) is 0 Å². The summed E-state index contributed by atoms with van der Waals surface area (Å²) in [5, 5.41) is 3.97. The van der Waals surface area contributed by atoms with Gasteiger partial charge in [0.2, 0.25) is 5.91 Å². The zero-order valence-corrected chi connectivity index (χ0v) is 15.9. The first-order chi connectivity index (χ1) is 12.7. The molecule has 0 aliphatic carbocycles. The quantitative estimate of drug-likeness (QED) is 0.781. The lowest BCUT2D eigenvalue weighted by atomic mass is 10.0. The monoisotopic (exact) mass is 370 g/mol. The maximum atomic E-state index is 12.2. The fourth-order valence-corrected chi connectivity index (χ4v) is 3.61. The Kier molecular flexibility index (Phi) is 7.10. The van der Waals surface area contributed by atoms with Crippen LogP contribution in [0.15, 0.2) is 54.6 Å². The highest BCUT2D eigenvalue weighted by atomic mass is 35.5. The molecule has 1 aliphatic rings. The van der Waals surface area contributed by atoms with E-state index in [-0.39, 0.29) is 5.91 Å². The average molecular weight is 371 g/mol. The van der Waals surface area contributed by atoms with Crippen molar-refractivity contribution in [3.8, 4) is 0 Å². The number of hydrogen-bond acceptors (Lipinski definition) is 2. The summed E-state index contributed by atoms with van der Waals surface area (Å²) < 4.78 is 0. The molecular weight excluding hydrogens is 344 g/mol. The Balaban J connectivity index is 1.32. The fraction of sp³-hybridized carbons (Fsp3) is 0.409. The van der Waals surface area contributed by atoms with Crippen LogP contribution in [-0.2, 0) is 17.8 Å². The molecule has 26 heavy (non-hydrogen) atoms. The van der Waals surface area contributed by atoms with Gasteiger partial charge in [-0.05, 0) is 48.9 Å². The minimum atomic E-state index is 0.181. The maximum Gasteiger partial charge on any atom is 0.220 e. The fourth-order valence-electron chi connectivity index (χ4n) is 3.48. The number of nitrogens with one attached hydrogen (secondary N) is 1. The van der Waals surface area contributed by atoms with Crippen LogP contribution in [0, 0.1) is 0 Å². The summed E-state index contributed by atoms with van der Waals surface area (Å²) in [6.45, 7) is 3.10. The van der Waals surface area contributed by atoms with E-state index in [1.54, 1.807) is 0 Å². The second-order valence-corrected chi connectivity index (χ2v) is 7.52. The van der Waals surface area contributed by atoms with Crippen molar-refractivity contribution in [3.05, 3.63) is 70.7 Å². The van der Waals surface area contributed by atoms with Gasteiger partial charge in [0, 0.05) is 37.1 Å². The average Bonchev–Trinajstić information content (AvgIpc) is 2.66. The summed E-state index contributed by atoms with van der Waals surface area (Å²) in [5.41, 5.74) is 2.59. The third-order valence-corrected chi connectivity index (χ3v) is 5.24. The highest BCUT2D eigenvalue weighted by molar-refractivity contribution is 6.30. The summed E-state index contributed by atoms with van der Waals surface area (Å²) in [7, 11) is 0. The van der Waals surface area contributed by atoms with E-state index in [2.05, 4.69) is 40.5 Å². The minimum absolute atomic E-state index is 0.181. The molecule has 0 saturated carbocycles. The van der Waals surface area contributed by atoms with Crippen LogP contribution in [0.1, 0.15) is 36.8 Å². The lowest BCUT2D eigenvalue weighted by molar-refractivity contribution is -0.122. The van der Waals surface area contributed by atoms with Crippen LogP contribution >= 0.6 is 11.6 Å². The van der Waals surface area contributed by atoms with Crippen molar-refractivity contribution in [2.45, 2.75) is 44.7 Å². The van der Waals surface area contributed by atoms with Crippen molar-refractivity contribution in [1.82, 2.24) is 10.2 Å². The molecule has 0 radical (unpaired) electrons. The predicted molar refractivity (Wildman–Crippen MR) is 107 cm³/mol. The lowest BCUT2D eigenvalue weighted by Gasteiger charge is -2.32. The number of carbonyl (C=O) groups excluding carboxylic acids is 1. The number of amides is 1. The van der Waals surface area contributed by atoms with Crippen LogP contribution in [-0.4, -0.2) is 29.9 Å². The summed E-state index contributed by atoms with van der Waals surface area (Å²) in [6, 6.07) is 18.8. The van der Waals surface area contributed by atoms with Gasteiger partial charge >= 0.3 is 0 Å². The van der Waals surface area contributed by atoms with Crippen LogP contribution in [0.3, 0.4) is 0 Å². The summed E-state index contributed by atoms with van der Waals surface area (Å²) in [5.74, 6) is 0.181. The molecule has 0 bridgehead atoms. The molecule has 0 atom stereocenters. The molecule has 0 aromatic heterocycles. The molecule has 1 saturated heterocycles.